The van der Waals surface area contributed by atoms with Gasteiger partial charge in [0.15, 0.2) is 0 Å². The second-order valence-corrected chi connectivity index (χ2v) is 10.9. The second-order valence-electron chi connectivity index (χ2n) is 10.9. The van der Waals surface area contributed by atoms with E-state index in [-0.39, 0.29) is 21.1 Å². The van der Waals surface area contributed by atoms with Gasteiger partial charge >= 0.3 is 0 Å². The quantitative estimate of drug-likeness (QED) is 0.170. The summed E-state index contributed by atoms with van der Waals surface area (Å²) in [7, 11) is 4.21. The Kier molecular flexibility index (Phi) is 8.28. The van der Waals surface area contributed by atoms with Crippen molar-refractivity contribution in [1.82, 2.24) is 14.5 Å². The Morgan fingerprint density at radius 1 is 0.545 bits per heavy atom. The first-order chi connectivity index (χ1) is 21.1. The molecule has 0 fully saturated rings. The van der Waals surface area contributed by atoms with Crippen molar-refractivity contribution in [2.24, 2.45) is 7.05 Å². The Labute approximate surface area is 272 Å². The van der Waals surface area contributed by atoms with E-state index in [4.69, 9.17) is 9.97 Å². The maximum atomic E-state index is 5.28. The summed E-state index contributed by atoms with van der Waals surface area (Å²) in [6, 6.07) is 48.7. The molecule has 0 radical (unpaired) electrons. The molecule has 7 aromatic rings. The SMILES string of the molecule is Cc1ccccc1-c1cc(-c2ccccc2)cc(-c2ccccc2N(C)c2ccccc2-c2nc3ccccc3n2C)n1.[Pt]. The Bertz CT molecular complexity index is 2080. The number of aryl methyl sites for hydroxylation is 2. The molecule has 0 bridgehead atoms. The molecule has 0 spiro atoms. The smallest absolute Gasteiger partial charge is 0.142 e. The Balaban J connectivity index is 0.00000343. The molecule has 0 aliphatic heterocycles. The Hall–Kier alpha value is -4.79. The average Bonchev–Trinajstić information content (AvgIpc) is 3.41. The van der Waals surface area contributed by atoms with Crippen molar-refractivity contribution in [3.8, 4) is 45.0 Å². The minimum atomic E-state index is 0. The topological polar surface area (TPSA) is 34.0 Å². The van der Waals surface area contributed by atoms with Gasteiger partial charge in [-0.3, -0.25) is 0 Å². The standard InChI is InChI=1S/C39H32N4.Pt/c1-27-15-7-8-18-30(27)34-25-29(28-16-5-4-6-17-28)26-35(40-34)31-19-9-12-22-36(31)42(2)37-23-13-10-20-32(37)39-41-33-21-11-14-24-38(33)43(39)3;/h4-26H,1-3H3;. The summed E-state index contributed by atoms with van der Waals surface area (Å²) in [4.78, 5) is 12.6. The second kappa shape index (κ2) is 12.4. The molecule has 0 amide bonds. The van der Waals surface area contributed by atoms with Gasteiger partial charge in [-0.25, -0.2) is 9.97 Å². The van der Waals surface area contributed by atoms with Gasteiger partial charge in [-0.05, 0) is 66.1 Å². The molecule has 218 valence electrons. The minimum absolute atomic E-state index is 0. The number of benzene rings is 5. The molecular formula is C39H32N4Pt. The average molecular weight is 752 g/mol. The molecule has 44 heavy (non-hydrogen) atoms. The monoisotopic (exact) mass is 751 g/mol. The molecular weight excluding hydrogens is 720 g/mol. The molecule has 4 nitrogen and oxygen atoms in total. The Morgan fingerprint density at radius 3 is 1.80 bits per heavy atom. The van der Waals surface area contributed by atoms with Gasteiger partial charge in [0.25, 0.3) is 0 Å². The zero-order chi connectivity index (χ0) is 29.3. The first kappa shape index (κ1) is 29.3. The molecule has 5 aromatic carbocycles. The summed E-state index contributed by atoms with van der Waals surface area (Å²) >= 11 is 0. The van der Waals surface area contributed by atoms with E-state index in [1.54, 1.807) is 0 Å². The maximum Gasteiger partial charge on any atom is 0.142 e. The van der Waals surface area contributed by atoms with E-state index in [0.717, 1.165) is 61.9 Å². The molecule has 0 N–H and O–H groups in total. The summed E-state index contributed by atoms with van der Waals surface area (Å²) in [5.74, 6) is 0.937. The van der Waals surface area contributed by atoms with E-state index in [1.807, 2.05) is 6.07 Å². The van der Waals surface area contributed by atoms with Gasteiger partial charge < -0.3 is 9.47 Å². The number of nitrogens with zero attached hydrogens (tertiary/aromatic N) is 4. The number of imidazole rings is 1. The van der Waals surface area contributed by atoms with Crippen molar-refractivity contribution in [2.45, 2.75) is 6.92 Å². The minimum Gasteiger partial charge on any atom is -0.343 e. The molecule has 0 aliphatic carbocycles. The number of pyridine rings is 1. The van der Waals surface area contributed by atoms with Crippen LogP contribution in [0.15, 0.2) is 140 Å². The number of aromatic nitrogens is 3. The summed E-state index contributed by atoms with van der Waals surface area (Å²) < 4.78 is 2.17. The van der Waals surface area contributed by atoms with Gasteiger partial charge in [-0.15, -0.1) is 0 Å². The van der Waals surface area contributed by atoms with Gasteiger partial charge in [-0.1, -0.05) is 97.1 Å². The van der Waals surface area contributed by atoms with Crippen LogP contribution in [-0.4, -0.2) is 21.6 Å². The zero-order valence-corrected chi connectivity index (χ0v) is 27.2. The van der Waals surface area contributed by atoms with Crippen molar-refractivity contribution >= 4 is 22.4 Å². The van der Waals surface area contributed by atoms with Gasteiger partial charge in [0.1, 0.15) is 5.82 Å². The Morgan fingerprint density at radius 2 is 1.09 bits per heavy atom. The summed E-state index contributed by atoms with van der Waals surface area (Å²) in [6.07, 6.45) is 0. The van der Waals surface area contributed by atoms with Crippen LogP contribution < -0.4 is 4.90 Å². The first-order valence-electron chi connectivity index (χ1n) is 14.6. The fourth-order valence-electron chi connectivity index (χ4n) is 5.92. The van der Waals surface area contributed by atoms with Gasteiger partial charge in [0.2, 0.25) is 0 Å². The van der Waals surface area contributed by atoms with E-state index in [0.29, 0.717) is 0 Å². The van der Waals surface area contributed by atoms with Gasteiger partial charge in [-0.2, -0.15) is 0 Å². The van der Waals surface area contributed by atoms with Crippen molar-refractivity contribution < 1.29 is 21.1 Å². The number of para-hydroxylation sites is 4. The van der Waals surface area contributed by atoms with Crippen LogP contribution in [0.2, 0.25) is 0 Å². The molecule has 0 atom stereocenters. The zero-order valence-electron chi connectivity index (χ0n) is 24.9. The number of anilines is 2. The number of fused-ring (bicyclic) bond motifs is 1. The van der Waals surface area contributed by atoms with E-state index in [2.05, 4.69) is 164 Å². The molecule has 2 aromatic heterocycles. The van der Waals surface area contributed by atoms with E-state index in [1.165, 1.54) is 11.1 Å². The third kappa shape index (κ3) is 5.38. The molecule has 0 unspecified atom stereocenters. The fraction of sp³-hybridized carbons (Fsp3) is 0.0769. The summed E-state index contributed by atoms with van der Waals surface area (Å²) in [6.45, 7) is 2.14. The fourth-order valence-corrected chi connectivity index (χ4v) is 5.92. The van der Waals surface area contributed by atoms with Gasteiger partial charge in [0.05, 0.1) is 33.8 Å². The van der Waals surface area contributed by atoms with Gasteiger partial charge in [0, 0.05) is 51.9 Å². The number of rotatable bonds is 6. The van der Waals surface area contributed by atoms with Crippen LogP contribution in [-0.2, 0) is 28.1 Å². The van der Waals surface area contributed by atoms with E-state index >= 15 is 0 Å². The summed E-state index contributed by atoms with van der Waals surface area (Å²) in [5, 5.41) is 0. The van der Waals surface area contributed by atoms with Crippen molar-refractivity contribution in [3.05, 3.63) is 145 Å². The molecule has 7 rings (SSSR count). The maximum absolute atomic E-state index is 5.28. The van der Waals surface area contributed by atoms with Crippen LogP contribution >= 0.6 is 0 Å². The molecule has 5 heteroatoms. The molecule has 0 saturated heterocycles. The molecule has 0 saturated carbocycles. The van der Waals surface area contributed by atoms with E-state index < -0.39 is 0 Å². The van der Waals surface area contributed by atoms with Crippen molar-refractivity contribution in [2.75, 3.05) is 11.9 Å². The molecule has 0 aliphatic rings. The van der Waals surface area contributed by atoms with Crippen molar-refractivity contribution in [1.29, 1.82) is 0 Å². The third-order valence-electron chi connectivity index (χ3n) is 8.19. The number of hydrogen-bond donors (Lipinski definition) is 0. The summed E-state index contributed by atoms with van der Waals surface area (Å²) in [5.41, 5.74) is 12.9. The van der Waals surface area contributed by atoms with Crippen LogP contribution in [0.3, 0.4) is 0 Å². The van der Waals surface area contributed by atoms with Crippen LogP contribution in [0.1, 0.15) is 5.56 Å². The predicted molar refractivity (Wildman–Crippen MR) is 179 cm³/mol. The van der Waals surface area contributed by atoms with Crippen LogP contribution in [0.4, 0.5) is 11.4 Å². The third-order valence-corrected chi connectivity index (χ3v) is 8.19. The van der Waals surface area contributed by atoms with E-state index in [9.17, 15) is 0 Å². The first-order valence-corrected chi connectivity index (χ1v) is 14.6. The van der Waals surface area contributed by atoms with Crippen molar-refractivity contribution in [3.63, 3.8) is 0 Å². The predicted octanol–water partition coefficient (Wildman–Crippen LogP) is 9.71. The van der Waals surface area contributed by atoms with Crippen LogP contribution in [0, 0.1) is 6.92 Å². The van der Waals surface area contributed by atoms with Crippen LogP contribution in [0.5, 0.6) is 0 Å². The van der Waals surface area contributed by atoms with Crippen LogP contribution in [0.25, 0.3) is 56.1 Å². The molecule has 2 heterocycles. The largest absolute Gasteiger partial charge is 0.343 e. The normalized spacial score (nSPS) is 10.9. The number of hydrogen-bond acceptors (Lipinski definition) is 3.